The van der Waals surface area contributed by atoms with Crippen molar-refractivity contribution in [2.45, 2.75) is 11.7 Å². The average Bonchev–Trinajstić information content (AvgIpc) is 2.78. The summed E-state index contributed by atoms with van der Waals surface area (Å²) in [5, 5.41) is 25.5. The number of nitrogens with one attached hydrogen (secondary N) is 2. The standard InChI is InChI=1S/C8H13N7OS/c1-10-4-5-15-8(12-13-14-15)17-6-7(16)11-3-2-9/h10H,3-6H2,1H3,(H,11,16). The third-order valence-electron chi connectivity index (χ3n) is 1.77. The molecule has 1 amide bonds. The zero-order valence-electron chi connectivity index (χ0n) is 9.38. The first-order valence-corrected chi connectivity index (χ1v) is 5.93. The Labute approximate surface area is 103 Å². The van der Waals surface area contributed by atoms with E-state index in [4.69, 9.17) is 5.26 Å². The van der Waals surface area contributed by atoms with Crippen LogP contribution in [0.1, 0.15) is 0 Å². The van der Waals surface area contributed by atoms with Crippen LogP contribution in [-0.2, 0) is 11.3 Å². The van der Waals surface area contributed by atoms with Crippen molar-refractivity contribution in [3.05, 3.63) is 0 Å². The minimum atomic E-state index is -0.209. The van der Waals surface area contributed by atoms with E-state index in [2.05, 4.69) is 26.2 Å². The van der Waals surface area contributed by atoms with Gasteiger partial charge in [-0.05, 0) is 17.5 Å². The monoisotopic (exact) mass is 255 g/mol. The molecule has 0 atom stereocenters. The number of likely N-dealkylation sites (N-methyl/N-ethyl adjacent to an activating group) is 1. The number of thioether (sulfide) groups is 1. The van der Waals surface area contributed by atoms with E-state index in [0.717, 1.165) is 6.54 Å². The second-order valence-corrected chi connectivity index (χ2v) is 3.95. The zero-order chi connectivity index (χ0) is 12.5. The van der Waals surface area contributed by atoms with Crippen LogP contribution in [0, 0.1) is 11.3 Å². The molecule has 0 radical (unpaired) electrons. The molecular formula is C8H13N7OS. The lowest BCUT2D eigenvalue weighted by molar-refractivity contribution is -0.118. The quantitative estimate of drug-likeness (QED) is 0.457. The largest absolute Gasteiger partial charge is 0.342 e. The number of nitriles is 1. The van der Waals surface area contributed by atoms with E-state index in [-0.39, 0.29) is 18.2 Å². The summed E-state index contributed by atoms with van der Waals surface area (Å²) >= 11 is 1.24. The first-order chi connectivity index (χ1) is 8.27. The summed E-state index contributed by atoms with van der Waals surface area (Å²) < 4.78 is 1.62. The van der Waals surface area contributed by atoms with Gasteiger partial charge in [0.25, 0.3) is 0 Å². The van der Waals surface area contributed by atoms with Crippen molar-refractivity contribution in [3.63, 3.8) is 0 Å². The highest BCUT2D eigenvalue weighted by Gasteiger charge is 2.09. The molecule has 0 aromatic carbocycles. The van der Waals surface area contributed by atoms with Crippen molar-refractivity contribution >= 4 is 17.7 Å². The van der Waals surface area contributed by atoms with Gasteiger partial charge in [-0.3, -0.25) is 4.79 Å². The third kappa shape index (κ3) is 4.80. The molecule has 0 aliphatic rings. The van der Waals surface area contributed by atoms with Crippen LogP contribution in [0.3, 0.4) is 0 Å². The molecule has 1 aromatic heterocycles. The number of hydrogen-bond donors (Lipinski definition) is 2. The minimum absolute atomic E-state index is 0.0179. The van der Waals surface area contributed by atoms with Crippen molar-refractivity contribution < 1.29 is 4.79 Å². The molecule has 2 N–H and O–H groups in total. The van der Waals surface area contributed by atoms with Gasteiger partial charge < -0.3 is 10.6 Å². The molecule has 8 nitrogen and oxygen atoms in total. The van der Waals surface area contributed by atoms with Gasteiger partial charge in [0, 0.05) is 6.54 Å². The lowest BCUT2D eigenvalue weighted by Crippen LogP contribution is -2.25. The second kappa shape index (κ2) is 7.59. The Morgan fingerprint density at radius 3 is 3.18 bits per heavy atom. The number of rotatable bonds is 7. The van der Waals surface area contributed by atoms with Crippen molar-refractivity contribution in [1.29, 1.82) is 5.26 Å². The highest BCUT2D eigenvalue weighted by Crippen LogP contribution is 2.12. The fourth-order valence-electron chi connectivity index (χ4n) is 0.977. The molecule has 0 saturated carbocycles. The summed E-state index contributed by atoms with van der Waals surface area (Å²) in [5.41, 5.74) is 0. The lowest BCUT2D eigenvalue weighted by Gasteiger charge is -2.03. The average molecular weight is 255 g/mol. The van der Waals surface area contributed by atoms with Crippen molar-refractivity contribution in [1.82, 2.24) is 30.8 Å². The Hall–Kier alpha value is -1.66. The molecule has 92 valence electrons. The Morgan fingerprint density at radius 1 is 1.65 bits per heavy atom. The number of tetrazole rings is 1. The van der Waals surface area contributed by atoms with E-state index < -0.39 is 0 Å². The van der Waals surface area contributed by atoms with E-state index in [1.807, 2.05) is 13.1 Å². The Kier molecular flexibility index (Phi) is 5.98. The molecule has 0 aliphatic heterocycles. The highest BCUT2D eigenvalue weighted by molar-refractivity contribution is 7.99. The molecule has 9 heteroatoms. The molecule has 1 aromatic rings. The molecule has 0 fully saturated rings. The number of amides is 1. The predicted molar refractivity (Wildman–Crippen MR) is 61.1 cm³/mol. The molecule has 1 rings (SSSR count). The van der Waals surface area contributed by atoms with Gasteiger partial charge in [-0.25, -0.2) is 4.68 Å². The predicted octanol–water partition coefficient (Wildman–Crippen LogP) is -1.38. The Morgan fingerprint density at radius 2 is 2.47 bits per heavy atom. The fraction of sp³-hybridized carbons (Fsp3) is 0.625. The van der Waals surface area contributed by atoms with Crippen LogP contribution in [0.4, 0.5) is 0 Å². The van der Waals surface area contributed by atoms with Crippen LogP contribution in [0.2, 0.25) is 0 Å². The van der Waals surface area contributed by atoms with Gasteiger partial charge in [-0.2, -0.15) is 5.26 Å². The molecule has 0 saturated heterocycles. The highest BCUT2D eigenvalue weighted by atomic mass is 32.2. The first kappa shape index (κ1) is 13.4. The van der Waals surface area contributed by atoms with E-state index in [1.165, 1.54) is 11.8 Å². The SMILES string of the molecule is CNCCn1nnnc1SCC(=O)NCC#N. The van der Waals surface area contributed by atoms with Gasteiger partial charge in [-0.1, -0.05) is 11.8 Å². The third-order valence-corrected chi connectivity index (χ3v) is 2.73. The summed E-state index contributed by atoms with van der Waals surface area (Å²) in [6.45, 7) is 1.41. The molecular weight excluding hydrogens is 242 g/mol. The Bertz CT molecular complexity index is 399. The number of carbonyl (C=O) groups excluding carboxylic acids is 1. The van der Waals surface area contributed by atoms with Gasteiger partial charge >= 0.3 is 0 Å². The number of hydrogen-bond acceptors (Lipinski definition) is 7. The molecule has 0 spiro atoms. The molecule has 17 heavy (non-hydrogen) atoms. The summed E-state index contributed by atoms with van der Waals surface area (Å²) in [5.74, 6) is -0.0126. The topological polar surface area (TPSA) is 109 Å². The maximum atomic E-state index is 11.2. The van der Waals surface area contributed by atoms with Gasteiger partial charge in [0.05, 0.1) is 18.4 Å². The van der Waals surface area contributed by atoms with Crippen LogP contribution in [0.15, 0.2) is 5.16 Å². The second-order valence-electron chi connectivity index (χ2n) is 3.01. The summed E-state index contributed by atoms with van der Waals surface area (Å²) in [4.78, 5) is 11.2. The van der Waals surface area contributed by atoms with Crippen LogP contribution >= 0.6 is 11.8 Å². The zero-order valence-corrected chi connectivity index (χ0v) is 10.2. The van der Waals surface area contributed by atoms with Gasteiger partial charge in [0.15, 0.2) is 0 Å². The van der Waals surface area contributed by atoms with Gasteiger partial charge in [0.2, 0.25) is 11.1 Å². The van der Waals surface area contributed by atoms with E-state index in [9.17, 15) is 4.79 Å². The van der Waals surface area contributed by atoms with E-state index >= 15 is 0 Å². The van der Waals surface area contributed by atoms with Crippen LogP contribution in [0.5, 0.6) is 0 Å². The smallest absolute Gasteiger partial charge is 0.231 e. The fourth-order valence-corrected chi connectivity index (χ4v) is 1.71. The Balaban J connectivity index is 2.38. The first-order valence-electron chi connectivity index (χ1n) is 4.95. The summed E-state index contributed by atoms with van der Waals surface area (Å²) in [6.07, 6.45) is 0. The van der Waals surface area contributed by atoms with Crippen LogP contribution in [0.25, 0.3) is 0 Å². The maximum absolute atomic E-state index is 11.2. The van der Waals surface area contributed by atoms with Crippen LogP contribution < -0.4 is 10.6 Å². The number of carbonyl (C=O) groups is 1. The minimum Gasteiger partial charge on any atom is -0.342 e. The van der Waals surface area contributed by atoms with Crippen molar-refractivity contribution in [2.24, 2.45) is 0 Å². The summed E-state index contributed by atoms with van der Waals surface area (Å²) in [6, 6.07) is 1.84. The van der Waals surface area contributed by atoms with Crippen molar-refractivity contribution in [3.8, 4) is 6.07 Å². The van der Waals surface area contributed by atoms with Crippen LogP contribution in [-0.4, -0.2) is 52.0 Å². The molecule has 0 bridgehead atoms. The van der Waals surface area contributed by atoms with E-state index in [0.29, 0.717) is 11.7 Å². The molecule has 0 unspecified atom stereocenters. The normalized spacial score (nSPS) is 9.88. The van der Waals surface area contributed by atoms with Crippen molar-refractivity contribution in [2.75, 3.05) is 25.9 Å². The lowest BCUT2D eigenvalue weighted by atomic mass is 10.6. The number of nitrogens with zero attached hydrogens (tertiary/aromatic N) is 5. The maximum Gasteiger partial charge on any atom is 0.231 e. The van der Waals surface area contributed by atoms with Gasteiger partial charge in [-0.15, -0.1) is 5.10 Å². The molecule has 0 aliphatic carbocycles. The molecule has 1 heterocycles. The van der Waals surface area contributed by atoms with Gasteiger partial charge in [0.1, 0.15) is 6.54 Å². The number of aromatic nitrogens is 4. The summed E-state index contributed by atoms with van der Waals surface area (Å²) in [7, 11) is 1.84. The van der Waals surface area contributed by atoms with E-state index in [1.54, 1.807) is 4.68 Å².